The number of anilines is 1. The van der Waals surface area contributed by atoms with Gasteiger partial charge in [-0.3, -0.25) is 14.5 Å². The molecule has 1 saturated heterocycles. The standard InChI is InChI=1S/C16H22N4O4/c1-11(15(22)20-8-7-17-16(20)23)19(2)10-14(21)18-12-5-4-6-13(9-12)24-3/h4-6,9,11H,7-8,10H2,1-3H3,(H,17,23)(H,18,21)/p+1/t11-/m1/s1. The lowest BCUT2D eigenvalue weighted by molar-refractivity contribution is -0.886. The number of rotatable bonds is 6. The smallest absolute Gasteiger partial charge is 0.324 e. The molecule has 24 heavy (non-hydrogen) atoms. The van der Waals surface area contributed by atoms with E-state index in [9.17, 15) is 14.4 Å². The molecule has 1 aromatic rings. The Morgan fingerprint density at radius 1 is 1.46 bits per heavy atom. The Balaban J connectivity index is 1.90. The summed E-state index contributed by atoms with van der Waals surface area (Å²) >= 11 is 0. The van der Waals surface area contributed by atoms with E-state index >= 15 is 0 Å². The van der Waals surface area contributed by atoms with Crippen LogP contribution in [0.4, 0.5) is 10.5 Å². The van der Waals surface area contributed by atoms with Crippen LogP contribution in [0.1, 0.15) is 6.92 Å². The number of quaternary nitrogens is 1. The van der Waals surface area contributed by atoms with Crippen molar-refractivity contribution in [2.24, 2.45) is 0 Å². The number of likely N-dealkylation sites (N-methyl/N-ethyl adjacent to an activating group) is 1. The van der Waals surface area contributed by atoms with Crippen LogP contribution in [0, 0.1) is 0 Å². The third-order valence-electron chi connectivity index (χ3n) is 4.03. The molecule has 0 bridgehead atoms. The third kappa shape index (κ3) is 4.23. The van der Waals surface area contributed by atoms with E-state index in [-0.39, 0.29) is 24.4 Å². The van der Waals surface area contributed by atoms with Crippen LogP contribution in [0.2, 0.25) is 0 Å². The Labute approximate surface area is 140 Å². The molecule has 0 saturated carbocycles. The van der Waals surface area contributed by atoms with Crippen molar-refractivity contribution < 1.29 is 24.0 Å². The van der Waals surface area contributed by atoms with E-state index in [0.29, 0.717) is 29.4 Å². The van der Waals surface area contributed by atoms with E-state index in [4.69, 9.17) is 4.74 Å². The van der Waals surface area contributed by atoms with Crippen LogP contribution in [-0.2, 0) is 9.59 Å². The minimum Gasteiger partial charge on any atom is -0.497 e. The summed E-state index contributed by atoms with van der Waals surface area (Å²) in [5, 5.41) is 5.37. The van der Waals surface area contributed by atoms with Gasteiger partial charge in [0.25, 0.3) is 11.8 Å². The summed E-state index contributed by atoms with van der Waals surface area (Å²) in [6.07, 6.45) is 0. The molecule has 3 N–H and O–H groups in total. The van der Waals surface area contributed by atoms with Crippen molar-refractivity contribution >= 4 is 23.5 Å². The number of urea groups is 1. The molecule has 2 atom stereocenters. The van der Waals surface area contributed by atoms with Gasteiger partial charge >= 0.3 is 6.03 Å². The SMILES string of the molecule is COc1cccc(NC(=O)C[NH+](C)[C@H](C)C(=O)N2CCNC2=O)c1. The molecule has 0 radical (unpaired) electrons. The van der Waals surface area contributed by atoms with Gasteiger partial charge in [0.05, 0.1) is 14.2 Å². The van der Waals surface area contributed by atoms with Gasteiger partial charge in [-0.1, -0.05) is 6.07 Å². The fraction of sp³-hybridized carbons (Fsp3) is 0.438. The number of hydrogen-bond acceptors (Lipinski definition) is 4. The largest absolute Gasteiger partial charge is 0.497 e. The van der Waals surface area contributed by atoms with Crippen LogP contribution in [0.15, 0.2) is 24.3 Å². The lowest BCUT2D eigenvalue weighted by atomic mass is 10.2. The number of nitrogens with one attached hydrogen (secondary N) is 3. The summed E-state index contributed by atoms with van der Waals surface area (Å²) in [5.74, 6) is 0.153. The number of nitrogens with zero attached hydrogens (tertiary/aromatic N) is 1. The molecule has 1 aromatic carbocycles. The van der Waals surface area contributed by atoms with E-state index < -0.39 is 6.04 Å². The highest BCUT2D eigenvalue weighted by atomic mass is 16.5. The minimum atomic E-state index is -0.495. The van der Waals surface area contributed by atoms with Gasteiger partial charge < -0.3 is 20.3 Å². The number of ether oxygens (including phenoxy) is 1. The first-order chi connectivity index (χ1) is 11.4. The molecule has 1 heterocycles. The predicted molar refractivity (Wildman–Crippen MR) is 88.0 cm³/mol. The molecule has 2 rings (SSSR count). The first-order valence-corrected chi connectivity index (χ1v) is 7.77. The first kappa shape index (κ1) is 17.7. The van der Waals surface area contributed by atoms with Gasteiger partial charge in [-0.05, 0) is 19.1 Å². The Hall–Kier alpha value is -2.61. The van der Waals surface area contributed by atoms with Crippen molar-refractivity contribution in [2.75, 3.05) is 39.1 Å². The van der Waals surface area contributed by atoms with Crippen molar-refractivity contribution in [3.63, 3.8) is 0 Å². The summed E-state index contributed by atoms with van der Waals surface area (Å²) in [7, 11) is 3.31. The maximum Gasteiger partial charge on any atom is 0.324 e. The number of imide groups is 1. The molecule has 0 aromatic heterocycles. The maximum absolute atomic E-state index is 12.3. The van der Waals surface area contributed by atoms with Gasteiger partial charge in [-0.25, -0.2) is 4.79 Å². The number of carbonyl (C=O) groups is 3. The minimum absolute atomic E-state index is 0.111. The van der Waals surface area contributed by atoms with Gasteiger partial charge in [0.1, 0.15) is 5.75 Å². The van der Waals surface area contributed by atoms with E-state index in [1.54, 1.807) is 45.3 Å². The molecule has 130 valence electrons. The van der Waals surface area contributed by atoms with Crippen LogP contribution in [0.3, 0.4) is 0 Å². The zero-order valence-corrected chi connectivity index (χ0v) is 14.1. The molecule has 8 nitrogen and oxygen atoms in total. The monoisotopic (exact) mass is 335 g/mol. The molecular weight excluding hydrogens is 312 g/mol. The van der Waals surface area contributed by atoms with Crippen LogP contribution >= 0.6 is 0 Å². The van der Waals surface area contributed by atoms with Crippen LogP contribution in [0.25, 0.3) is 0 Å². The van der Waals surface area contributed by atoms with Crippen molar-refractivity contribution in [2.45, 2.75) is 13.0 Å². The Bertz CT molecular complexity index is 634. The number of methoxy groups -OCH3 is 1. The molecule has 1 aliphatic heterocycles. The van der Waals surface area contributed by atoms with Gasteiger partial charge in [0.2, 0.25) is 0 Å². The van der Waals surface area contributed by atoms with Crippen LogP contribution in [0.5, 0.6) is 5.75 Å². The lowest BCUT2D eigenvalue weighted by Crippen LogP contribution is -3.15. The van der Waals surface area contributed by atoms with Gasteiger partial charge in [-0.2, -0.15) is 0 Å². The Morgan fingerprint density at radius 2 is 2.21 bits per heavy atom. The van der Waals surface area contributed by atoms with Crippen molar-refractivity contribution in [1.29, 1.82) is 0 Å². The second-order valence-corrected chi connectivity index (χ2v) is 5.75. The van der Waals surface area contributed by atoms with Gasteiger partial charge in [0.15, 0.2) is 12.6 Å². The highest BCUT2D eigenvalue weighted by molar-refractivity contribution is 5.97. The highest BCUT2D eigenvalue weighted by Crippen LogP contribution is 2.16. The van der Waals surface area contributed by atoms with E-state index in [1.165, 1.54) is 4.90 Å². The topological polar surface area (TPSA) is 92.2 Å². The van der Waals surface area contributed by atoms with Crippen molar-refractivity contribution in [3.05, 3.63) is 24.3 Å². The fourth-order valence-electron chi connectivity index (χ4n) is 2.44. The molecule has 0 aliphatic carbocycles. The highest BCUT2D eigenvalue weighted by Gasteiger charge is 2.34. The average Bonchev–Trinajstić information content (AvgIpc) is 2.99. The van der Waals surface area contributed by atoms with Gasteiger partial charge in [-0.15, -0.1) is 0 Å². The summed E-state index contributed by atoms with van der Waals surface area (Å²) in [6.45, 7) is 2.65. The zero-order chi connectivity index (χ0) is 17.7. The number of benzene rings is 1. The first-order valence-electron chi connectivity index (χ1n) is 7.77. The molecule has 4 amide bonds. The summed E-state index contributed by atoms with van der Waals surface area (Å²) in [4.78, 5) is 37.9. The quantitative estimate of drug-likeness (QED) is 0.627. The van der Waals surface area contributed by atoms with Crippen molar-refractivity contribution in [3.8, 4) is 5.75 Å². The molecule has 1 aliphatic rings. The number of carbonyl (C=O) groups excluding carboxylic acids is 3. The second kappa shape index (κ2) is 7.78. The number of hydrogen-bond donors (Lipinski definition) is 3. The Morgan fingerprint density at radius 3 is 2.83 bits per heavy atom. The average molecular weight is 335 g/mol. The van der Waals surface area contributed by atoms with E-state index in [0.717, 1.165) is 0 Å². The Kier molecular flexibility index (Phi) is 5.75. The van der Waals surface area contributed by atoms with E-state index in [1.807, 2.05) is 0 Å². The second-order valence-electron chi connectivity index (χ2n) is 5.75. The number of amides is 4. The predicted octanol–water partition coefficient (Wildman–Crippen LogP) is -0.911. The third-order valence-corrected chi connectivity index (χ3v) is 4.03. The fourth-order valence-corrected chi connectivity index (χ4v) is 2.44. The normalized spacial score (nSPS) is 16.3. The molecule has 8 heteroatoms. The maximum atomic E-state index is 12.3. The van der Waals surface area contributed by atoms with E-state index in [2.05, 4.69) is 10.6 Å². The molecule has 0 spiro atoms. The summed E-state index contributed by atoms with van der Waals surface area (Å²) in [6, 6.07) is 6.18. The van der Waals surface area contributed by atoms with Crippen molar-refractivity contribution in [1.82, 2.24) is 10.2 Å². The molecular formula is C16H23N4O4+. The molecule has 1 unspecified atom stereocenters. The molecule has 1 fully saturated rings. The van der Waals surface area contributed by atoms with Gasteiger partial charge in [0, 0.05) is 24.8 Å². The summed E-state index contributed by atoms with van der Waals surface area (Å²) in [5.41, 5.74) is 0.630. The lowest BCUT2D eigenvalue weighted by Gasteiger charge is -2.23. The van der Waals surface area contributed by atoms with Crippen LogP contribution in [-0.4, -0.2) is 62.6 Å². The van der Waals surface area contributed by atoms with Crippen LogP contribution < -0.4 is 20.3 Å². The summed E-state index contributed by atoms with van der Waals surface area (Å²) < 4.78 is 5.11. The zero-order valence-electron chi connectivity index (χ0n) is 14.1.